The minimum atomic E-state index is -0.453. The number of nitrogens with one attached hydrogen (secondary N) is 1. The number of hydrogen-bond acceptors (Lipinski definition) is 4. The second-order valence-electron chi connectivity index (χ2n) is 6.13. The summed E-state index contributed by atoms with van der Waals surface area (Å²) in [6, 6.07) is 5.16. The molecule has 5 heteroatoms. The first-order valence-electron chi connectivity index (χ1n) is 7.01. The highest BCUT2D eigenvalue weighted by Gasteiger charge is 2.28. The van der Waals surface area contributed by atoms with Crippen LogP contribution in [0.4, 0.5) is 11.4 Å². The summed E-state index contributed by atoms with van der Waals surface area (Å²) in [5, 5.41) is 3.41. The SMILES string of the molecule is CN1CCC(C)(CNc2ccc(C(N)=O)cc2N)CC1. The second kappa shape index (κ2) is 5.71. The molecule has 0 radical (unpaired) electrons. The first-order chi connectivity index (χ1) is 9.39. The van der Waals surface area contributed by atoms with Crippen LogP contribution in [0.3, 0.4) is 0 Å². The monoisotopic (exact) mass is 276 g/mol. The van der Waals surface area contributed by atoms with Gasteiger partial charge in [0, 0.05) is 12.1 Å². The Hall–Kier alpha value is -1.75. The van der Waals surface area contributed by atoms with Crippen LogP contribution in [0.25, 0.3) is 0 Å². The Morgan fingerprint density at radius 1 is 1.40 bits per heavy atom. The molecule has 20 heavy (non-hydrogen) atoms. The van der Waals surface area contributed by atoms with E-state index in [0.29, 0.717) is 16.7 Å². The van der Waals surface area contributed by atoms with Crippen LogP contribution in [0.2, 0.25) is 0 Å². The fraction of sp³-hybridized carbons (Fsp3) is 0.533. The third-order valence-electron chi connectivity index (χ3n) is 4.24. The van der Waals surface area contributed by atoms with E-state index in [1.54, 1.807) is 12.1 Å². The van der Waals surface area contributed by atoms with E-state index in [1.807, 2.05) is 6.07 Å². The fourth-order valence-corrected chi connectivity index (χ4v) is 2.52. The van der Waals surface area contributed by atoms with Gasteiger partial charge in [-0.3, -0.25) is 4.79 Å². The number of amides is 1. The fourth-order valence-electron chi connectivity index (χ4n) is 2.52. The lowest BCUT2D eigenvalue weighted by molar-refractivity contribution is 0.100. The molecule has 110 valence electrons. The maximum Gasteiger partial charge on any atom is 0.248 e. The smallest absolute Gasteiger partial charge is 0.248 e. The summed E-state index contributed by atoms with van der Waals surface area (Å²) in [7, 11) is 2.16. The normalized spacial score (nSPS) is 18.7. The first kappa shape index (κ1) is 14.7. The van der Waals surface area contributed by atoms with Crippen molar-refractivity contribution < 1.29 is 4.79 Å². The van der Waals surface area contributed by atoms with Gasteiger partial charge >= 0.3 is 0 Å². The number of hydrogen-bond donors (Lipinski definition) is 3. The number of carbonyl (C=O) groups is 1. The maximum atomic E-state index is 11.1. The van der Waals surface area contributed by atoms with E-state index in [9.17, 15) is 4.79 Å². The highest BCUT2D eigenvalue weighted by atomic mass is 16.1. The summed E-state index contributed by atoms with van der Waals surface area (Å²) in [5.74, 6) is -0.453. The van der Waals surface area contributed by atoms with E-state index in [2.05, 4.69) is 24.2 Å². The summed E-state index contributed by atoms with van der Waals surface area (Å²) < 4.78 is 0. The highest BCUT2D eigenvalue weighted by Crippen LogP contribution is 2.31. The molecule has 0 bridgehead atoms. The molecule has 1 aliphatic heterocycles. The minimum absolute atomic E-state index is 0.293. The number of piperidine rings is 1. The van der Waals surface area contributed by atoms with Crippen molar-refractivity contribution >= 4 is 17.3 Å². The third kappa shape index (κ3) is 3.42. The molecule has 0 aromatic heterocycles. The summed E-state index contributed by atoms with van der Waals surface area (Å²) in [4.78, 5) is 13.5. The van der Waals surface area contributed by atoms with Gasteiger partial charge in [-0.15, -0.1) is 0 Å². The zero-order valence-corrected chi connectivity index (χ0v) is 12.3. The number of primary amides is 1. The van der Waals surface area contributed by atoms with Crippen molar-refractivity contribution in [3.63, 3.8) is 0 Å². The van der Waals surface area contributed by atoms with Gasteiger partial charge in [0.15, 0.2) is 0 Å². The Bertz CT molecular complexity index is 493. The van der Waals surface area contributed by atoms with E-state index in [-0.39, 0.29) is 0 Å². The van der Waals surface area contributed by atoms with Gasteiger partial charge in [0.05, 0.1) is 11.4 Å². The largest absolute Gasteiger partial charge is 0.397 e. The molecule has 5 nitrogen and oxygen atoms in total. The van der Waals surface area contributed by atoms with E-state index < -0.39 is 5.91 Å². The van der Waals surface area contributed by atoms with Crippen molar-refractivity contribution in [3.8, 4) is 0 Å². The lowest BCUT2D eigenvalue weighted by atomic mass is 9.80. The van der Waals surface area contributed by atoms with Crippen molar-refractivity contribution in [2.45, 2.75) is 19.8 Å². The maximum absolute atomic E-state index is 11.1. The quantitative estimate of drug-likeness (QED) is 0.728. The Morgan fingerprint density at radius 2 is 2.05 bits per heavy atom. The lowest BCUT2D eigenvalue weighted by Gasteiger charge is -2.38. The van der Waals surface area contributed by atoms with E-state index >= 15 is 0 Å². The average molecular weight is 276 g/mol. The van der Waals surface area contributed by atoms with Crippen molar-refractivity contribution in [2.75, 3.05) is 37.7 Å². The van der Waals surface area contributed by atoms with Crippen LogP contribution >= 0.6 is 0 Å². The Labute approximate surface area is 120 Å². The number of benzene rings is 1. The predicted molar refractivity (Wildman–Crippen MR) is 82.7 cm³/mol. The molecule has 0 aliphatic carbocycles. The molecule has 1 heterocycles. The van der Waals surface area contributed by atoms with Gasteiger partial charge in [-0.25, -0.2) is 0 Å². The van der Waals surface area contributed by atoms with Gasteiger partial charge in [-0.05, 0) is 56.6 Å². The van der Waals surface area contributed by atoms with Crippen LogP contribution in [0.1, 0.15) is 30.1 Å². The zero-order chi connectivity index (χ0) is 14.8. The molecule has 1 aromatic carbocycles. The predicted octanol–water partition coefficient (Wildman–Crippen LogP) is 1.51. The molecule has 0 saturated carbocycles. The number of nitrogen functional groups attached to an aromatic ring is 1. The Kier molecular flexibility index (Phi) is 4.18. The van der Waals surface area contributed by atoms with Crippen LogP contribution in [0.5, 0.6) is 0 Å². The van der Waals surface area contributed by atoms with E-state index in [4.69, 9.17) is 11.5 Å². The van der Waals surface area contributed by atoms with Gasteiger partial charge < -0.3 is 21.7 Å². The van der Waals surface area contributed by atoms with Crippen LogP contribution < -0.4 is 16.8 Å². The van der Waals surface area contributed by atoms with Crippen LogP contribution in [-0.4, -0.2) is 37.5 Å². The van der Waals surface area contributed by atoms with Gasteiger partial charge in [0.25, 0.3) is 0 Å². The molecule has 0 spiro atoms. The molecule has 5 N–H and O–H groups in total. The molecule has 0 unspecified atom stereocenters. The van der Waals surface area contributed by atoms with E-state index in [1.165, 1.54) is 12.8 Å². The number of likely N-dealkylation sites (tertiary alicyclic amines) is 1. The third-order valence-corrected chi connectivity index (χ3v) is 4.24. The summed E-state index contributed by atoms with van der Waals surface area (Å²) in [6.07, 6.45) is 2.35. The van der Waals surface area contributed by atoms with Gasteiger partial charge in [0.1, 0.15) is 0 Å². The van der Waals surface area contributed by atoms with Crippen molar-refractivity contribution in [2.24, 2.45) is 11.1 Å². The molecular formula is C15H24N4O. The highest BCUT2D eigenvalue weighted by molar-refractivity contribution is 5.94. The molecule has 0 atom stereocenters. The number of nitrogens with two attached hydrogens (primary N) is 2. The average Bonchev–Trinajstić information content (AvgIpc) is 2.41. The minimum Gasteiger partial charge on any atom is -0.397 e. The number of rotatable bonds is 4. The zero-order valence-electron chi connectivity index (χ0n) is 12.3. The Morgan fingerprint density at radius 3 is 2.60 bits per heavy atom. The molecule has 1 aliphatic rings. The van der Waals surface area contributed by atoms with Gasteiger partial charge in [-0.2, -0.15) is 0 Å². The van der Waals surface area contributed by atoms with Crippen LogP contribution in [0, 0.1) is 5.41 Å². The number of nitrogens with zero attached hydrogens (tertiary/aromatic N) is 1. The van der Waals surface area contributed by atoms with Gasteiger partial charge in [-0.1, -0.05) is 6.92 Å². The molecular weight excluding hydrogens is 252 g/mol. The summed E-state index contributed by atoms with van der Waals surface area (Å²) >= 11 is 0. The van der Waals surface area contributed by atoms with Crippen molar-refractivity contribution in [3.05, 3.63) is 23.8 Å². The number of anilines is 2. The second-order valence-corrected chi connectivity index (χ2v) is 6.13. The standard InChI is InChI=1S/C15H24N4O/c1-15(5-7-19(2)8-6-15)10-18-13-4-3-11(14(17)20)9-12(13)16/h3-4,9,18H,5-8,10,16H2,1-2H3,(H2,17,20). The van der Waals surface area contributed by atoms with Crippen molar-refractivity contribution in [1.29, 1.82) is 0 Å². The topological polar surface area (TPSA) is 84.4 Å². The van der Waals surface area contributed by atoms with Crippen LogP contribution in [-0.2, 0) is 0 Å². The number of carbonyl (C=O) groups excluding carboxylic acids is 1. The Balaban J connectivity index is 1.99. The molecule has 2 rings (SSSR count). The van der Waals surface area contributed by atoms with Crippen LogP contribution in [0.15, 0.2) is 18.2 Å². The van der Waals surface area contributed by atoms with E-state index in [0.717, 1.165) is 25.3 Å². The summed E-state index contributed by atoms with van der Waals surface area (Å²) in [6.45, 7) is 5.46. The van der Waals surface area contributed by atoms with Gasteiger partial charge in [0.2, 0.25) is 5.91 Å². The summed E-state index contributed by atoms with van der Waals surface area (Å²) in [5.41, 5.74) is 13.4. The van der Waals surface area contributed by atoms with Crippen molar-refractivity contribution in [1.82, 2.24) is 4.90 Å². The molecule has 1 fully saturated rings. The molecule has 1 amide bonds. The lowest BCUT2D eigenvalue weighted by Crippen LogP contribution is -2.40. The molecule has 1 saturated heterocycles. The first-order valence-corrected chi connectivity index (χ1v) is 7.01. The molecule has 1 aromatic rings.